The van der Waals surface area contributed by atoms with E-state index in [-0.39, 0.29) is 11.7 Å². The Labute approximate surface area is 101 Å². The van der Waals surface area contributed by atoms with Crippen LogP contribution in [0.15, 0.2) is 42.7 Å². The zero-order valence-corrected chi connectivity index (χ0v) is 10.1. The molecule has 0 aliphatic rings. The number of aryl methyl sites for hydroxylation is 1. The molecular weight excluding hydrogens is 212 g/mol. The molecule has 0 bridgehead atoms. The molecule has 0 saturated carbocycles. The molecule has 0 unspecified atom stereocenters. The molecule has 0 fully saturated rings. The highest BCUT2D eigenvalue weighted by molar-refractivity contribution is 5.94. The molecule has 88 valence electrons. The molecule has 1 heterocycles. The summed E-state index contributed by atoms with van der Waals surface area (Å²) in [6.45, 7) is 1.95. The van der Waals surface area contributed by atoms with E-state index in [0.717, 1.165) is 6.42 Å². The van der Waals surface area contributed by atoms with Gasteiger partial charge in [0.15, 0.2) is 5.82 Å². The van der Waals surface area contributed by atoms with Crippen LogP contribution in [0, 0.1) is 5.92 Å². The maximum atomic E-state index is 12.1. The highest BCUT2D eigenvalue weighted by Gasteiger charge is 2.18. The zero-order chi connectivity index (χ0) is 12.3. The van der Waals surface area contributed by atoms with Crippen LogP contribution in [-0.2, 0) is 13.5 Å². The lowest BCUT2D eigenvalue weighted by Gasteiger charge is -2.10. The Morgan fingerprint density at radius 1 is 1.35 bits per heavy atom. The van der Waals surface area contributed by atoms with Gasteiger partial charge in [-0.15, -0.1) is 0 Å². The van der Waals surface area contributed by atoms with Crippen molar-refractivity contribution >= 4 is 5.78 Å². The smallest absolute Gasteiger partial charge is 0.201 e. The molecule has 0 N–H and O–H groups in total. The molecule has 1 aromatic heterocycles. The second-order valence-electron chi connectivity index (χ2n) is 4.32. The van der Waals surface area contributed by atoms with E-state index in [1.165, 1.54) is 5.56 Å². The SMILES string of the molecule is C[C@H](Cc1ccccc1)C(=O)c1nccn1C. The third kappa shape index (κ3) is 2.61. The van der Waals surface area contributed by atoms with Gasteiger partial charge in [-0.3, -0.25) is 4.79 Å². The fourth-order valence-electron chi connectivity index (χ4n) is 1.88. The van der Waals surface area contributed by atoms with Crippen LogP contribution in [0.25, 0.3) is 0 Å². The van der Waals surface area contributed by atoms with E-state index in [0.29, 0.717) is 5.82 Å². The molecular formula is C14H16N2O. The second kappa shape index (κ2) is 4.95. The van der Waals surface area contributed by atoms with Crippen molar-refractivity contribution in [3.63, 3.8) is 0 Å². The van der Waals surface area contributed by atoms with Crippen LogP contribution in [-0.4, -0.2) is 15.3 Å². The minimum atomic E-state index is -0.0431. The number of hydrogen-bond donors (Lipinski definition) is 0. The number of ketones is 1. The molecule has 3 nitrogen and oxygen atoms in total. The summed E-state index contributed by atoms with van der Waals surface area (Å²) in [6.07, 6.45) is 4.21. The molecule has 0 saturated heterocycles. The van der Waals surface area contributed by atoms with Crippen molar-refractivity contribution < 1.29 is 4.79 Å². The van der Waals surface area contributed by atoms with E-state index < -0.39 is 0 Å². The fourth-order valence-corrected chi connectivity index (χ4v) is 1.88. The summed E-state index contributed by atoms with van der Waals surface area (Å²) in [5.74, 6) is 0.591. The normalized spacial score (nSPS) is 12.4. The number of imidazole rings is 1. The highest BCUT2D eigenvalue weighted by atomic mass is 16.1. The Balaban J connectivity index is 2.09. The van der Waals surface area contributed by atoms with Crippen LogP contribution in [0.4, 0.5) is 0 Å². The number of rotatable bonds is 4. The van der Waals surface area contributed by atoms with Crippen molar-refractivity contribution in [1.82, 2.24) is 9.55 Å². The van der Waals surface area contributed by atoms with Gasteiger partial charge in [0.25, 0.3) is 0 Å². The Morgan fingerprint density at radius 3 is 2.65 bits per heavy atom. The average Bonchev–Trinajstić information content (AvgIpc) is 2.76. The lowest BCUT2D eigenvalue weighted by atomic mass is 9.97. The van der Waals surface area contributed by atoms with Crippen molar-refractivity contribution in [2.45, 2.75) is 13.3 Å². The minimum Gasteiger partial charge on any atom is -0.332 e. The lowest BCUT2D eigenvalue weighted by molar-refractivity contribution is 0.0915. The number of carbonyl (C=O) groups excluding carboxylic acids is 1. The minimum absolute atomic E-state index is 0.0431. The van der Waals surface area contributed by atoms with E-state index in [1.54, 1.807) is 17.0 Å². The Morgan fingerprint density at radius 2 is 2.06 bits per heavy atom. The molecule has 0 aliphatic carbocycles. The molecule has 17 heavy (non-hydrogen) atoms. The first-order chi connectivity index (χ1) is 8.18. The van der Waals surface area contributed by atoms with Crippen molar-refractivity contribution in [2.24, 2.45) is 13.0 Å². The molecule has 0 aliphatic heterocycles. The molecule has 0 spiro atoms. The van der Waals surface area contributed by atoms with Gasteiger partial charge in [-0.1, -0.05) is 37.3 Å². The van der Waals surface area contributed by atoms with Gasteiger partial charge in [0.2, 0.25) is 5.78 Å². The lowest BCUT2D eigenvalue weighted by Crippen LogP contribution is -2.18. The number of hydrogen-bond acceptors (Lipinski definition) is 2. The average molecular weight is 228 g/mol. The molecule has 0 radical (unpaired) electrons. The van der Waals surface area contributed by atoms with Crippen molar-refractivity contribution in [1.29, 1.82) is 0 Å². The quantitative estimate of drug-likeness (QED) is 0.753. The van der Waals surface area contributed by atoms with E-state index in [4.69, 9.17) is 0 Å². The molecule has 2 aromatic rings. The summed E-state index contributed by atoms with van der Waals surface area (Å²) in [4.78, 5) is 16.2. The second-order valence-corrected chi connectivity index (χ2v) is 4.32. The van der Waals surface area contributed by atoms with Gasteiger partial charge in [-0.2, -0.15) is 0 Å². The largest absolute Gasteiger partial charge is 0.332 e. The molecule has 0 amide bonds. The number of Topliss-reactive ketones (excluding diaryl/α,β-unsaturated/α-hetero) is 1. The summed E-state index contributed by atoms with van der Waals surface area (Å²) < 4.78 is 1.77. The zero-order valence-electron chi connectivity index (χ0n) is 10.1. The Bertz CT molecular complexity index is 502. The van der Waals surface area contributed by atoms with E-state index in [1.807, 2.05) is 44.3 Å². The van der Waals surface area contributed by atoms with Crippen LogP contribution in [0.1, 0.15) is 23.1 Å². The predicted molar refractivity (Wildman–Crippen MR) is 66.8 cm³/mol. The van der Waals surface area contributed by atoms with Gasteiger partial charge >= 0.3 is 0 Å². The number of aromatic nitrogens is 2. The number of carbonyl (C=O) groups is 1. The first kappa shape index (κ1) is 11.6. The van der Waals surface area contributed by atoms with Crippen molar-refractivity contribution in [3.8, 4) is 0 Å². The van der Waals surface area contributed by atoms with E-state index >= 15 is 0 Å². The Kier molecular flexibility index (Phi) is 3.38. The third-order valence-corrected chi connectivity index (χ3v) is 2.87. The summed E-state index contributed by atoms with van der Waals surface area (Å²) in [5.41, 5.74) is 1.18. The maximum absolute atomic E-state index is 12.1. The van der Waals surface area contributed by atoms with E-state index in [2.05, 4.69) is 4.98 Å². The van der Waals surface area contributed by atoms with Gasteiger partial charge in [-0.05, 0) is 12.0 Å². The number of benzene rings is 1. The number of nitrogens with zero attached hydrogens (tertiary/aromatic N) is 2. The van der Waals surface area contributed by atoms with E-state index in [9.17, 15) is 4.79 Å². The first-order valence-corrected chi connectivity index (χ1v) is 5.74. The molecule has 3 heteroatoms. The van der Waals surface area contributed by atoms with Gasteiger partial charge in [0, 0.05) is 25.4 Å². The highest BCUT2D eigenvalue weighted by Crippen LogP contribution is 2.13. The maximum Gasteiger partial charge on any atom is 0.201 e. The standard InChI is InChI=1S/C14H16N2O/c1-11(10-12-6-4-3-5-7-12)13(17)14-15-8-9-16(14)2/h3-9,11H,10H2,1-2H3/t11-/m1/s1. The predicted octanol–water partition coefficient (Wildman–Crippen LogP) is 2.48. The van der Waals surface area contributed by atoms with Gasteiger partial charge < -0.3 is 4.57 Å². The summed E-state index contributed by atoms with van der Waals surface area (Å²) in [5, 5.41) is 0. The summed E-state index contributed by atoms with van der Waals surface area (Å²) in [6, 6.07) is 10.1. The van der Waals surface area contributed by atoms with Crippen LogP contribution < -0.4 is 0 Å². The molecule has 1 aromatic carbocycles. The molecule has 2 rings (SSSR count). The van der Waals surface area contributed by atoms with Gasteiger partial charge in [-0.25, -0.2) is 4.98 Å². The van der Waals surface area contributed by atoms with Crippen molar-refractivity contribution in [3.05, 3.63) is 54.1 Å². The fraction of sp³-hybridized carbons (Fsp3) is 0.286. The van der Waals surface area contributed by atoms with Gasteiger partial charge in [0.05, 0.1) is 0 Å². The Hall–Kier alpha value is -1.90. The third-order valence-electron chi connectivity index (χ3n) is 2.87. The summed E-state index contributed by atoms with van der Waals surface area (Å²) >= 11 is 0. The molecule has 1 atom stereocenters. The topological polar surface area (TPSA) is 34.9 Å². The monoisotopic (exact) mass is 228 g/mol. The van der Waals surface area contributed by atoms with Crippen molar-refractivity contribution in [2.75, 3.05) is 0 Å². The first-order valence-electron chi connectivity index (χ1n) is 5.74. The van der Waals surface area contributed by atoms with Gasteiger partial charge in [0.1, 0.15) is 0 Å². The van der Waals surface area contributed by atoms with Crippen LogP contribution in [0.3, 0.4) is 0 Å². The van der Waals surface area contributed by atoms with Crippen LogP contribution in [0.2, 0.25) is 0 Å². The van der Waals surface area contributed by atoms with Crippen LogP contribution >= 0.6 is 0 Å². The van der Waals surface area contributed by atoms with Crippen LogP contribution in [0.5, 0.6) is 0 Å². The summed E-state index contributed by atoms with van der Waals surface area (Å²) in [7, 11) is 1.84.